The molecule has 0 radical (unpaired) electrons. The van der Waals surface area contributed by atoms with Crippen molar-refractivity contribution in [2.24, 2.45) is 17.3 Å². The van der Waals surface area contributed by atoms with Gasteiger partial charge in [0.25, 0.3) is 0 Å². The smallest absolute Gasteiger partial charge is 0.156 e. The van der Waals surface area contributed by atoms with Crippen LogP contribution in [0.2, 0.25) is 0 Å². The van der Waals surface area contributed by atoms with Crippen LogP contribution in [0, 0.1) is 17.3 Å². The molecule has 2 atom stereocenters. The summed E-state index contributed by atoms with van der Waals surface area (Å²) < 4.78 is 0. The molecule has 1 nitrogen and oxygen atoms in total. The zero-order chi connectivity index (χ0) is 9.64. The largest absolute Gasteiger partial charge is 0.295 e. The number of carbonyl (C=O) groups excluding carboxylic acids is 1. The lowest BCUT2D eigenvalue weighted by molar-refractivity contribution is -0.115. The molecule has 0 bridgehead atoms. The molecule has 0 spiro atoms. The van der Waals surface area contributed by atoms with E-state index in [2.05, 4.69) is 20.8 Å². The SMILES string of the molecule is CC(C)[C@@H]1CCC2=CC(=O)C[C@]21C. The summed E-state index contributed by atoms with van der Waals surface area (Å²) in [7, 11) is 0. The molecule has 72 valence electrons. The Balaban J connectivity index is 2.31. The third-order valence-corrected chi connectivity index (χ3v) is 3.96. The first-order chi connectivity index (χ1) is 6.04. The standard InChI is InChI=1S/C12H18O/c1-8(2)11-5-4-9-6-10(13)7-12(9,11)3/h6,8,11H,4-5,7H2,1-3H3/t11-,12+/m0/s1. The maximum atomic E-state index is 11.4. The van der Waals surface area contributed by atoms with Crippen LogP contribution in [-0.4, -0.2) is 5.78 Å². The van der Waals surface area contributed by atoms with E-state index in [1.54, 1.807) is 0 Å². The molecule has 1 fully saturated rings. The third-order valence-electron chi connectivity index (χ3n) is 3.96. The highest BCUT2D eigenvalue weighted by Gasteiger charge is 2.47. The summed E-state index contributed by atoms with van der Waals surface area (Å²) in [6.45, 7) is 6.84. The molecule has 2 rings (SSSR count). The van der Waals surface area contributed by atoms with E-state index in [1.165, 1.54) is 12.0 Å². The van der Waals surface area contributed by atoms with Crippen molar-refractivity contribution in [2.45, 2.75) is 40.0 Å². The number of rotatable bonds is 1. The molecule has 0 saturated heterocycles. The summed E-state index contributed by atoms with van der Waals surface area (Å²) in [4.78, 5) is 11.4. The van der Waals surface area contributed by atoms with E-state index in [4.69, 9.17) is 0 Å². The Bertz CT molecular complexity index is 275. The molecule has 13 heavy (non-hydrogen) atoms. The predicted molar refractivity (Wildman–Crippen MR) is 53.4 cm³/mol. The van der Waals surface area contributed by atoms with Crippen LogP contribution < -0.4 is 0 Å². The Hall–Kier alpha value is -0.590. The van der Waals surface area contributed by atoms with Crippen LogP contribution in [-0.2, 0) is 4.79 Å². The molecule has 1 heteroatoms. The molecule has 1 saturated carbocycles. The maximum Gasteiger partial charge on any atom is 0.156 e. The Morgan fingerprint density at radius 1 is 1.54 bits per heavy atom. The molecule has 0 aromatic carbocycles. The van der Waals surface area contributed by atoms with Gasteiger partial charge in [0.15, 0.2) is 5.78 Å². The van der Waals surface area contributed by atoms with E-state index in [9.17, 15) is 4.79 Å². The minimum Gasteiger partial charge on any atom is -0.295 e. The lowest BCUT2D eigenvalue weighted by Gasteiger charge is -2.31. The zero-order valence-corrected chi connectivity index (χ0v) is 8.76. The first-order valence-corrected chi connectivity index (χ1v) is 5.28. The van der Waals surface area contributed by atoms with Gasteiger partial charge in [0.2, 0.25) is 0 Å². The molecule has 0 aromatic heterocycles. The highest BCUT2D eigenvalue weighted by molar-refractivity contribution is 5.94. The van der Waals surface area contributed by atoms with Crippen molar-refractivity contribution in [1.29, 1.82) is 0 Å². The molecule has 0 heterocycles. The van der Waals surface area contributed by atoms with E-state index in [1.807, 2.05) is 6.08 Å². The Kier molecular flexibility index (Phi) is 1.86. The number of ketones is 1. The third kappa shape index (κ3) is 1.17. The zero-order valence-electron chi connectivity index (χ0n) is 8.76. The van der Waals surface area contributed by atoms with Crippen LogP contribution in [0.5, 0.6) is 0 Å². The van der Waals surface area contributed by atoms with Crippen molar-refractivity contribution in [3.05, 3.63) is 11.6 Å². The molecule has 0 N–H and O–H groups in total. The lowest BCUT2D eigenvalue weighted by atomic mass is 9.72. The second kappa shape index (κ2) is 2.70. The van der Waals surface area contributed by atoms with Crippen molar-refractivity contribution in [3.63, 3.8) is 0 Å². The first kappa shape index (κ1) is 8.98. The molecular formula is C12H18O. The Morgan fingerprint density at radius 3 is 2.85 bits per heavy atom. The van der Waals surface area contributed by atoms with Gasteiger partial charge in [-0.3, -0.25) is 4.79 Å². The van der Waals surface area contributed by atoms with Crippen LogP contribution in [0.3, 0.4) is 0 Å². The topological polar surface area (TPSA) is 17.1 Å². The highest BCUT2D eigenvalue weighted by Crippen LogP contribution is 2.55. The van der Waals surface area contributed by atoms with Gasteiger partial charge in [0.05, 0.1) is 0 Å². The summed E-state index contributed by atoms with van der Waals surface area (Å²) in [5.74, 6) is 1.79. The first-order valence-electron chi connectivity index (χ1n) is 5.28. The normalized spacial score (nSPS) is 38.3. The maximum absolute atomic E-state index is 11.4. The molecule has 2 aliphatic rings. The van der Waals surface area contributed by atoms with Gasteiger partial charge in [-0.1, -0.05) is 26.3 Å². The fourth-order valence-corrected chi connectivity index (χ4v) is 3.31. The van der Waals surface area contributed by atoms with Crippen molar-refractivity contribution in [3.8, 4) is 0 Å². The molecule has 2 aliphatic carbocycles. The fraction of sp³-hybridized carbons (Fsp3) is 0.750. The monoisotopic (exact) mass is 178 g/mol. The molecule has 0 unspecified atom stereocenters. The number of hydrogen-bond acceptors (Lipinski definition) is 1. The van der Waals surface area contributed by atoms with Gasteiger partial charge < -0.3 is 0 Å². The van der Waals surface area contributed by atoms with Gasteiger partial charge >= 0.3 is 0 Å². The van der Waals surface area contributed by atoms with E-state index in [0.717, 1.165) is 18.8 Å². The van der Waals surface area contributed by atoms with Crippen molar-refractivity contribution in [2.75, 3.05) is 0 Å². The van der Waals surface area contributed by atoms with Gasteiger partial charge in [-0.2, -0.15) is 0 Å². The van der Waals surface area contributed by atoms with E-state index >= 15 is 0 Å². The quantitative estimate of drug-likeness (QED) is 0.603. The van der Waals surface area contributed by atoms with E-state index < -0.39 is 0 Å². The Morgan fingerprint density at radius 2 is 2.23 bits per heavy atom. The molecule has 0 aliphatic heterocycles. The average Bonchev–Trinajstić information content (AvgIpc) is 2.39. The summed E-state index contributed by atoms with van der Waals surface area (Å²) >= 11 is 0. The number of hydrogen-bond donors (Lipinski definition) is 0. The number of carbonyl (C=O) groups is 1. The minimum atomic E-state index is 0.227. The fourth-order valence-electron chi connectivity index (χ4n) is 3.31. The van der Waals surface area contributed by atoms with E-state index in [-0.39, 0.29) is 5.41 Å². The van der Waals surface area contributed by atoms with E-state index in [0.29, 0.717) is 11.7 Å². The molecular weight excluding hydrogens is 160 g/mol. The average molecular weight is 178 g/mol. The van der Waals surface area contributed by atoms with Gasteiger partial charge in [-0.25, -0.2) is 0 Å². The number of fused-ring (bicyclic) bond motifs is 1. The minimum absolute atomic E-state index is 0.227. The summed E-state index contributed by atoms with van der Waals surface area (Å²) in [6, 6.07) is 0. The van der Waals surface area contributed by atoms with Crippen LogP contribution in [0.1, 0.15) is 40.0 Å². The highest BCUT2D eigenvalue weighted by atomic mass is 16.1. The molecule has 0 amide bonds. The summed E-state index contributed by atoms with van der Waals surface area (Å²) in [5.41, 5.74) is 1.65. The summed E-state index contributed by atoms with van der Waals surface area (Å²) in [6.07, 6.45) is 5.12. The van der Waals surface area contributed by atoms with Crippen LogP contribution in [0.15, 0.2) is 11.6 Å². The van der Waals surface area contributed by atoms with Crippen molar-refractivity contribution in [1.82, 2.24) is 0 Å². The van der Waals surface area contributed by atoms with Crippen molar-refractivity contribution >= 4 is 5.78 Å². The van der Waals surface area contributed by atoms with Gasteiger partial charge in [0.1, 0.15) is 0 Å². The second-order valence-electron chi connectivity index (χ2n) is 5.12. The van der Waals surface area contributed by atoms with Crippen LogP contribution in [0.25, 0.3) is 0 Å². The van der Waals surface area contributed by atoms with Crippen molar-refractivity contribution < 1.29 is 4.79 Å². The second-order valence-corrected chi connectivity index (χ2v) is 5.12. The Labute approximate surface area is 80.2 Å². The van der Waals surface area contributed by atoms with Crippen LogP contribution >= 0.6 is 0 Å². The van der Waals surface area contributed by atoms with Gasteiger partial charge in [0, 0.05) is 6.42 Å². The lowest BCUT2D eigenvalue weighted by Crippen LogP contribution is -2.26. The summed E-state index contributed by atoms with van der Waals surface area (Å²) in [5, 5.41) is 0. The number of allylic oxidation sites excluding steroid dienone is 2. The predicted octanol–water partition coefficient (Wildman–Crippen LogP) is 2.96. The molecule has 0 aromatic rings. The van der Waals surface area contributed by atoms with Crippen LogP contribution in [0.4, 0.5) is 0 Å². The van der Waals surface area contributed by atoms with Gasteiger partial charge in [-0.05, 0) is 36.2 Å². The van der Waals surface area contributed by atoms with Gasteiger partial charge in [-0.15, -0.1) is 0 Å².